The predicted molar refractivity (Wildman–Crippen MR) is 123 cm³/mol. The average Bonchev–Trinajstić information content (AvgIpc) is 2.82. The number of methoxy groups -OCH3 is 2. The first kappa shape index (κ1) is 23.2. The standard InChI is InChI=1S/C26H28N2O4/c1-31-17-21-10-3-5-12-23(21)25(29)27-15-19-8-7-9-20(14-19)16-28-26(30)24-13-6-4-11-22(24)18-32-2/h3-14H,15-18H2,1-2H3,(H,27,29)(H,28,30). The van der Waals surface area contributed by atoms with Gasteiger partial charge >= 0.3 is 0 Å². The van der Waals surface area contributed by atoms with Crippen LogP contribution in [0.25, 0.3) is 0 Å². The molecule has 2 N–H and O–H groups in total. The Morgan fingerprint density at radius 2 is 1.09 bits per heavy atom. The maximum absolute atomic E-state index is 12.6. The third-order valence-corrected chi connectivity index (χ3v) is 5.02. The molecule has 0 radical (unpaired) electrons. The van der Waals surface area contributed by atoms with Crippen molar-refractivity contribution in [2.75, 3.05) is 14.2 Å². The summed E-state index contributed by atoms with van der Waals surface area (Å²) in [6.45, 7) is 1.54. The summed E-state index contributed by atoms with van der Waals surface area (Å²) in [5.74, 6) is -0.294. The molecule has 0 saturated carbocycles. The number of rotatable bonds is 10. The Bertz CT molecular complexity index is 984. The van der Waals surface area contributed by atoms with Crippen molar-refractivity contribution in [3.63, 3.8) is 0 Å². The van der Waals surface area contributed by atoms with Gasteiger partial charge in [0, 0.05) is 38.4 Å². The monoisotopic (exact) mass is 432 g/mol. The van der Waals surface area contributed by atoms with Crippen molar-refractivity contribution in [2.45, 2.75) is 26.3 Å². The van der Waals surface area contributed by atoms with E-state index < -0.39 is 0 Å². The Hall–Kier alpha value is -3.48. The summed E-state index contributed by atoms with van der Waals surface area (Å²) in [7, 11) is 3.21. The fraction of sp³-hybridized carbons (Fsp3) is 0.231. The second-order valence-electron chi connectivity index (χ2n) is 7.37. The van der Waals surface area contributed by atoms with Crippen LogP contribution in [0, 0.1) is 0 Å². The molecule has 32 heavy (non-hydrogen) atoms. The van der Waals surface area contributed by atoms with Crippen molar-refractivity contribution in [1.82, 2.24) is 10.6 Å². The van der Waals surface area contributed by atoms with E-state index in [1.807, 2.05) is 60.7 Å². The summed E-state index contributed by atoms with van der Waals surface area (Å²) in [5, 5.41) is 5.92. The zero-order valence-corrected chi connectivity index (χ0v) is 18.4. The first-order chi connectivity index (χ1) is 15.6. The van der Waals surface area contributed by atoms with Gasteiger partial charge in [-0.05, 0) is 34.4 Å². The Morgan fingerprint density at radius 3 is 1.53 bits per heavy atom. The van der Waals surface area contributed by atoms with Gasteiger partial charge in [-0.15, -0.1) is 0 Å². The Kier molecular flexibility index (Phi) is 8.54. The van der Waals surface area contributed by atoms with E-state index in [4.69, 9.17) is 9.47 Å². The minimum absolute atomic E-state index is 0.147. The van der Waals surface area contributed by atoms with E-state index in [0.717, 1.165) is 22.3 Å². The molecule has 0 aliphatic carbocycles. The molecule has 6 heteroatoms. The highest BCUT2D eigenvalue weighted by atomic mass is 16.5. The number of ether oxygens (including phenoxy) is 2. The largest absolute Gasteiger partial charge is 0.380 e. The molecule has 3 rings (SSSR count). The number of benzene rings is 3. The van der Waals surface area contributed by atoms with E-state index in [1.165, 1.54) is 0 Å². The SMILES string of the molecule is COCc1ccccc1C(=O)NCc1cccc(CNC(=O)c2ccccc2COC)c1. The Morgan fingerprint density at radius 1 is 0.656 bits per heavy atom. The van der Waals surface area contributed by atoms with Crippen LogP contribution in [0.3, 0.4) is 0 Å². The molecule has 2 amide bonds. The van der Waals surface area contributed by atoms with Gasteiger partial charge in [-0.1, -0.05) is 60.7 Å². The third-order valence-electron chi connectivity index (χ3n) is 5.02. The van der Waals surface area contributed by atoms with E-state index in [0.29, 0.717) is 37.4 Å². The molecule has 166 valence electrons. The van der Waals surface area contributed by atoms with E-state index in [1.54, 1.807) is 26.4 Å². The van der Waals surface area contributed by atoms with Crippen LogP contribution in [0.5, 0.6) is 0 Å². The molecule has 0 saturated heterocycles. The van der Waals surface area contributed by atoms with Crippen LogP contribution in [0.4, 0.5) is 0 Å². The van der Waals surface area contributed by atoms with Crippen molar-refractivity contribution >= 4 is 11.8 Å². The highest BCUT2D eigenvalue weighted by Crippen LogP contribution is 2.12. The maximum Gasteiger partial charge on any atom is 0.251 e. The Labute approximate surface area is 188 Å². The fourth-order valence-corrected chi connectivity index (χ4v) is 3.45. The van der Waals surface area contributed by atoms with Gasteiger partial charge in [-0.3, -0.25) is 9.59 Å². The third kappa shape index (κ3) is 6.26. The molecule has 0 fully saturated rings. The van der Waals surface area contributed by atoms with Gasteiger partial charge in [0.1, 0.15) is 0 Å². The van der Waals surface area contributed by atoms with Gasteiger partial charge in [0.05, 0.1) is 13.2 Å². The second kappa shape index (κ2) is 11.8. The van der Waals surface area contributed by atoms with Gasteiger partial charge in [-0.2, -0.15) is 0 Å². The number of nitrogens with one attached hydrogen (secondary N) is 2. The summed E-state index contributed by atoms with van der Waals surface area (Å²) < 4.78 is 10.3. The summed E-state index contributed by atoms with van der Waals surface area (Å²) in [5.41, 5.74) is 4.80. The van der Waals surface area contributed by atoms with Crippen molar-refractivity contribution in [3.8, 4) is 0 Å². The van der Waals surface area contributed by atoms with Crippen LogP contribution < -0.4 is 10.6 Å². The summed E-state index contributed by atoms with van der Waals surface area (Å²) in [6, 6.07) is 22.6. The van der Waals surface area contributed by atoms with Crippen molar-refractivity contribution in [1.29, 1.82) is 0 Å². The quantitative estimate of drug-likeness (QED) is 0.510. The number of amides is 2. The molecule has 3 aromatic rings. The average molecular weight is 433 g/mol. The maximum atomic E-state index is 12.6. The molecular formula is C26H28N2O4. The van der Waals surface area contributed by atoms with Crippen LogP contribution in [-0.2, 0) is 35.8 Å². The molecule has 0 bridgehead atoms. The summed E-state index contributed by atoms with van der Waals surface area (Å²) in [6.07, 6.45) is 0. The Balaban J connectivity index is 1.59. The molecule has 0 aromatic heterocycles. The van der Waals surface area contributed by atoms with Gasteiger partial charge in [0.15, 0.2) is 0 Å². The van der Waals surface area contributed by atoms with Gasteiger partial charge in [0.2, 0.25) is 0 Å². The topological polar surface area (TPSA) is 76.7 Å². The van der Waals surface area contributed by atoms with Crippen LogP contribution in [-0.4, -0.2) is 26.0 Å². The zero-order chi connectivity index (χ0) is 22.8. The molecule has 0 aliphatic heterocycles. The fourth-order valence-electron chi connectivity index (χ4n) is 3.45. The lowest BCUT2D eigenvalue weighted by Gasteiger charge is -2.12. The molecular weight excluding hydrogens is 404 g/mol. The first-order valence-electron chi connectivity index (χ1n) is 10.4. The molecule has 0 heterocycles. The van der Waals surface area contributed by atoms with Crippen LogP contribution in [0.1, 0.15) is 43.0 Å². The van der Waals surface area contributed by atoms with E-state index in [-0.39, 0.29) is 11.8 Å². The van der Waals surface area contributed by atoms with Crippen LogP contribution in [0.2, 0.25) is 0 Å². The van der Waals surface area contributed by atoms with Crippen molar-refractivity contribution < 1.29 is 19.1 Å². The van der Waals surface area contributed by atoms with E-state index in [2.05, 4.69) is 10.6 Å². The highest BCUT2D eigenvalue weighted by molar-refractivity contribution is 5.96. The lowest BCUT2D eigenvalue weighted by Crippen LogP contribution is -2.25. The van der Waals surface area contributed by atoms with E-state index in [9.17, 15) is 9.59 Å². The highest BCUT2D eigenvalue weighted by Gasteiger charge is 2.12. The molecule has 6 nitrogen and oxygen atoms in total. The predicted octanol–water partition coefficient (Wildman–Crippen LogP) is 3.84. The van der Waals surface area contributed by atoms with Crippen molar-refractivity contribution in [2.24, 2.45) is 0 Å². The normalized spacial score (nSPS) is 10.6. The smallest absolute Gasteiger partial charge is 0.251 e. The van der Waals surface area contributed by atoms with Gasteiger partial charge in [-0.25, -0.2) is 0 Å². The number of hydrogen-bond acceptors (Lipinski definition) is 4. The number of carbonyl (C=O) groups is 2. The zero-order valence-electron chi connectivity index (χ0n) is 18.4. The lowest BCUT2D eigenvalue weighted by molar-refractivity contribution is 0.0938. The van der Waals surface area contributed by atoms with Gasteiger partial charge < -0.3 is 20.1 Å². The summed E-state index contributed by atoms with van der Waals surface area (Å²) >= 11 is 0. The first-order valence-corrected chi connectivity index (χ1v) is 10.4. The number of hydrogen-bond donors (Lipinski definition) is 2. The van der Waals surface area contributed by atoms with Crippen molar-refractivity contribution in [3.05, 3.63) is 106 Å². The molecule has 3 aromatic carbocycles. The molecule has 0 spiro atoms. The van der Waals surface area contributed by atoms with E-state index >= 15 is 0 Å². The summed E-state index contributed by atoms with van der Waals surface area (Å²) in [4.78, 5) is 25.2. The number of carbonyl (C=O) groups excluding carboxylic acids is 2. The molecule has 0 aliphatic rings. The lowest BCUT2D eigenvalue weighted by atomic mass is 10.1. The molecule has 0 unspecified atom stereocenters. The molecule has 0 atom stereocenters. The minimum atomic E-state index is -0.147. The van der Waals surface area contributed by atoms with Gasteiger partial charge in [0.25, 0.3) is 11.8 Å². The van der Waals surface area contributed by atoms with Crippen LogP contribution in [0.15, 0.2) is 72.8 Å². The van der Waals surface area contributed by atoms with Crippen LogP contribution >= 0.6 is 0 Å². The minimum Gasteiger partial charge on any atom is -0.380 e. The second-order valence-corrected chi connectivity index (χ2v) is 7.37.